The molecule has 0 aliphatic rings. The summed E-state index contributed by atoms with van der Waals surface area (Å²) in [5, 5.41) is 3.18. The highest BCUT2D eigenvalue weighted by Gasteiger charge is 2.28. The summed E-state index contributed by atoms with van der Waals surface area (Å²) in [6.07, 6.45) is 3.29. The lowest BCUT2D eigenvalue weighted by molar-refractivity contribution is -0.119. The Labute approximate surface area is 175 Å². The second-order valence-corrected chi connectivity index (χ2v) is 8.69. The maximum Gasteiger partial charge on any atom is 0.264 e. The topological polar surface area (TPSA) is 79.4 Å². The Morgan fingerprint density at radius 1 is 1.07 bits per heavy atom. The monoisotopic (exact) mass is 429 g/mol. The number of carbonyl (C=O) groups excluding carboxylic acids is 1. The van der Waals surface area contributed by atoms with Crippen LogP contribution in [0.2, 0.25) is 5.02 Å². The van der Waals surface area contributed by atoms with Crippen LogP contribution in [0.1, 0.15) is 11.1 Å². The molecule has 1 heterocycles. The summed E-state index contributed by atoms with van der Waals surface area (Å²) in [7, 11) is -3.97. The molecule has 150 valence electrons. The lowest BCUT2D eigenvalue weighted by Gasteiger charge is -2.25. The molecular formula is C21H20ClN3O3S. The number of benzene rings is 2. The lowest BCUT2D eigenvalue weighted by atomic mass is 10.2. The Kier molecular flexibility index (Phi) is 6.51. The van der Waals surface area contributed by atoms with Crippen molar-refractivity contribution >= 4 is 33.2 Å². The average Bonchev–Trinajstić information content (AvgIpc) is 2.72. The van der Waals surface area contributed by atoms with E-state index < -0.39 is 15.9 Å². The predicted molar refractivity (Wildman–Crippen MR) is 113 cm³/mol. The number of anilines is 1. The van der Waals surface area contributed by atoms with Crippen LogP contribution >= 0.6 is 11.6 Å². The molecule has 0 fully saturated rings. The summed E-state index contributed by atoms with van der Waals surface area (Å²) in [5.74, 6) is -0.422. The molecule has 0 spiro atoms. The fraction of sp³-hybridized carbons (Fsp3) is 0.143. The van der Waals surface area contributed by atoms with Gasteiger partial charge in [0.2, 0.25) is 5.91 Å². The van der Waals surface area contributed by atoms with Crippen LogP contribution in [0.5, 0.6) is 0 Å². The number of nitrogens with zero attached hydrogens (tertiary/aromatic N) is 2. The Hall–Kier alpha value is -2.90. The van der Waals surface area contributed by atoms with Gasteiger partial charge in [-0.25, -0.2) is 8.42 Å². The first kappa shape index (κ1) is 20.8. The van der Waals surface area contributed by atoms with Gasteiger partial charge in [0.05, 0.1) is 10.6 Å². The molecule has 0 aliphatic carbocycles. The molecule has 0 aliphatic heterocycles. The standard InChI is InChI=1S/C21H20ClN3O3S/c1-16-5-2-3-7-20(16)25(29(27,28)19-10-8-18(22)9-11-19)15-21(26)24-14-17-6-4-12-23-13-17/h2-13H,14-15H2,1H3,(H,24,26). The number of aromatic nitrogens is 1. The summed E-state index contributed by atoms with van der Waals surface area (Å²) in [6, 6.07) is 16.5. The number of nitrogens with one attached hydrogen (secondary N) is 1. The van der Waals surface area contributed by atoms with E-state index in [1.54, 1.807) is 43.6 Å². The molecule has 3 rings (SSSR count). The zero-order chi connectivity index (χ0) is 20.9. The van der Waals surface area contributed by atoms with Crippen molar-refractivity contribution in [3.63, 3.8) is 0 Å². The van der Waals surface area contributed by atoms with Crippen LogP contribution < -0.4 is 9.62 Å². The number of aryl methyl sites for hydroxylation is 1. The maximum atomic E-state index is 13.3. The Morgan fingerprint density at radius 3 is 2.45 bits per heavy atom. The van der Waals surface area contributed by atoms with Crippen LogP contribution in [0, 0.1) is 6.92 Å². The molecule has 0 saturated heterocycles. The second-order valence-electron chi connectivity index (χ2n) is 6.39. The van der Waals surface area contributed by atoms with E-state index in [9.17, 15) is 13.2 Å². The first-order chi connectivity index (χ1) is 13.9. The molecule has 0 bridgehead atoms. The van der Waals surface area contributed by atoms with Crippen molar-refractivity contribution in [2.45, 2.75) is 18.4 Å². The zero-order valence-corrected chi connectivity index (χ0v) is 17.3. The summed E-state index contributed by atoms with van der Waals surface area (Å²) in [4.78, 5) is 16.6. The summed E-state index contributed by atoms with van der Waals surface area (Å²) in [6.45, 7) is 1.71. The minimum absolute atomic E-state index is 0.0604. The normalized spacial score (nSPS) is 11.1. The van der Waals surface area contributed by atoms with Crippen molar-refractivity contribution in [1.29, 1.82) is 0 Å². The number of rotatable bonds is 7. The molecule has 8 heteroatoms. The molecule has 1 aromatic heterocycles. The number of pyridine rings is 1. The van der Waals surface area contributed by atoms with Gasteiger partial charge >= 0.3 is 0 Å². The van der Waals surface area contributed by atoms with Crippen LogP contribution in [0.15, 0.2) is 78.0 Å². The molecule has 0 atom stereocenters. The van der Waals surface area contributed by atoms with E-state index in [-0.39, 0.29) is 18.0 Å². The molecule has 1 N–H and O–H groups in total. The van der Waals surface area contributed by atoms with E-state index >= 15 is 0 Å². The van der Waals surface area contributed by atoms with Crippen molar-refractivity contribution in [3.05, 3.63) is 89.2 Å². The van der Waals surface area contributed by atoms with Crippen molar-refractivity contribution in [2.75, 3.05) is 10.8 Å². The van der Waals surface area contributed by atoms with E-state index in [0.29, 0.717) is 10.7 Å². The molecule has 3 aromatic rings. The van der Waals surface area contributed by atoms with Crippen LogP contribution in [-0.4, -0.2) is 25.9 Å². The Balaban J connectivity index is 1.88. The number of para-hydroxylation sites is 1. The summed E-state index contributed by atoms with van der Waals surface area (Å²) in [5.41, 5.74) is 2.01. The van der Waals surface area contributed by atoms with Crippen LogP contribution in [0.25, 0.3) is 0 Å². The van der Waals surface area contributed by atoms with Crippen LogP contribution in [0.3, 0.4) is 0 Å². The van der Waals surface area contributed by atoms with Crippen LogP contribution in [-0.2, 0) is 21.4 Å². The highest BCUT2D eigenvalue weighted by molar-refractivity contribution is 7.92. The summed E-state index contributed by atoms with van der Waals surface area (Å²) < 4.78 is 27.7. The molecule has 29 heavy (non-hydrogen) atoms. The zero-order valence-electron chi connectivity index (χ0n) is 15.7. The first-order valence-corrected chi connectivity index (χ1v) is 10.7. The largest absolute Gasteiger partial charge is 0.350 e. The Morgan fingerprint density at radius 2 is 1.79 bits per heavy atom. The van der Waals surface area contributed by atoms with Gasteiger partial charge in [-0.3, -0.25) is 14.1 Å². The smallest absolute Gasteiger partial charge is 0.264 e. The Bertz CT molecular complexity index is 1090. The van der Waals surface area contributed by atoms with E-state index in [1.165, 1.54) is 24.3 Å². The van der Waals surface area contributed by atoms with Gasteiger partial charge in [-0.05, 0) is 54.4 Å². The van der Waals surface area contributed by atoms with Crippen molar-refractivity contribution in [2.24, 2.45) is 0 Å². The fourth-order valence-corrected chi connectivity index (χ4v) is 4.38. The molecular weight excluding hydrogens is 410 g/mol. The highest BCUT2D eigenvalue weighted by atomic mass is 35.5. The third-order valence-electron chi connectivity index (χ3n) is 4.29. The maximum absolute atomic E-state index is 13.3. The van der Waals surface area contributed by atoms with Gasteiger partial charge in [-0.2, -0.15) is 0 Å². The van der Waals surface area contributed by atoms with Gasteiger partial charge in [0.25, 0.3) is 10.0 Å². The number of hydrogen-bond donors (Lipinski definition) is 1. The molecule has 0 radical (unpaired) electrons. The fourth-order valence-electron chi connectivity index (χ4n) is 2.77. The van der Waals surface area contributed by atoms with Crippen molar-refractivity contribution < 1.29 is 13.2 Å². The molecule has 6 nitrogen and oxygen atoms in total. The predicted octanol–water partition coefficient (Wildman–Crippen LogP) is 3.56. The molecule has 0 saturated carbocycles. The average molecular weight is 430 g/mol. The highest BCUT2D eigenvalue weighted by Crippen LogP contribution is 2.27. The van der Waals surface area contributed by atoms with E-state index in [2.05, 4.69) is 10.3 Å². The summed E-state index contributed by atoms with van der Waals surface area (Å²) >= 11 is 5.89. The number of carbonyl (C=O) groups is 1. The number of amides is 1. The number of halogens is 1. The van der Waals surface area contributed by atoms with Gasteiger partial charge in [-0.1, -0.05) is 35.9 Å². The van der Waals surface area contributed by atoms with Gasteiger partial charge in [0, 0.05) is 24.0 Å². The molecule has 0 unspecified atom stereocenters. The molecule has 1 amide bonds. The van der Waals surface area contributed by atoms with Crippen molar-refractivity contribution in [3.8, 4) is 0 Å². The minimum atomic E-state index is -3.97. The molecule has 2 aromatic carbocycles. The quantitative estimate of drug-likeness (QED) is 0.622. The van der Waals surface area contributed by atoms with Gasteiger partial charge in [0.1, 0.15) is 6.54 Å². The SMILES string of the molecule is Cc1ccccc1N(CC(=O)NCc1cccnc1)S(=O)(=O)c1ccc(Cl)cc1. The number of sulfonamides is 1. The van der Waals surface area contributed by atoms with Gasteiger partial charge < -0.3 is 5.32 Å². The second kappa shape index (κ2) is 9.07. The van der Waals surface area contributed by atoms with Gasteiger partial charge in [0.15, 0.2) is 0 Å². The third kappa shape index (κ3) is 5.13. The van der Waals surface area contributed by atoms with E-state index in [1.807, 2.05) is 12.1 Å². The van der Waals surface area contributed by atoms with E-state index in [4.69, 9.17) is 11.6 Å². The minimum Gasteiger partial charge on any atom is -0.350 e. The van der Waals surface area contributed by atoms with Gasteiger partial charge in [-0.15, -0.1) is 0 Å². The van der Waals surface area contributed by atoms with E-state index in [0.717, 1.165) is 15.4 Å². The number of hydrogen-bond acceptors (Lipinski definition) is 4. The lowest BCUT2D eigenvalue weighted by Crippen LogP contribution is -2.41. The van der Waals surface area contributed by atoms with Crippen LogP contribution in [0.4, 0.5) is 5.69 Å². The first-order valence-electron chi connectivity index (χ1n) is 8.87. The third-order valence-corrected chi connectivity index (χ3v) is 6.31. The van der Waals surface area contributed by atoms with Crippen molar-refractivity contribution in [1.82, 2.24) is 10.3 Å².